The lowest BCUT2D eigenvalue weighted by Gasteiger charge is -2.08. The maximum absolute atomic E-state index is 11.8. The lowest BCUT2D eigenvalue weighted by molar-refractivity contribution is -0.120. The minimum absolute atomic E-state index is 0. The number of halogens is 3. The van der Waals surface area contributed by atoms with Gasteiger partial charge in [0.1, 0.15) is 0 Å². The zero-order chi connectivity index (χ0) is 15.7. The minimum Gasteiger partial charge on any atom is -0.353 e. The lowest BCUT2D eigenvalue weighted by Crippen LogP contribution is -2.39. The zero-order valence-electron chi connectivity index (χ0n) is 12.2. The van der Waals surface area contributed by atoms with Crippen molar-refractivity contribution in [1.29, 1.82) is 0 Å². The second kappa shape index (κ2) is 11.5. The van der Waals surface area contributed by atoms with Gasteiger partial charge in [0.15, 0.2) is 0 Å². The number of rotatable bonds is 8. The molecule has 0 aliphatic rings. The fraction of sp³-hybridized carbons (Fsp3) is 0.429. The Hall–Kier alpha value is -1.01. The summed E-state index contributed by atoms with van der Waals surface area (Å²) in [5, 5.41) is 9.08. The van der Waals surface area contributed by atoms with Crippen LogP contribution in [0.25, 0.3) is 0 Å². The first-order valence-corrected chi connectivity index (χ1v) is 7.51. The maximum Gasteiger partial charge on any atom is 0.251 e. The largest absolute Gasteiger partial charge is 0.353 e. The summed E-state index contributed by atoms with van der Waals surface area (Å²) in [5.74, 6) is -0.602. The highest BCUT2D eigenvalue weighted by molar-refractivity contribution is 6.42. The van der Waals surface area contributed by atoms with Crippen LogP contribution in [0.4, 0.5) is 0 Å². The molecule has 0 saturated carbocycles. The second-order valence-corrected chi connectivity index (χ2v) is 5.23. The van der Waals surface area contributed by atoms with Gasteiger partial charge >= 0.3 is 0 Å². The third-order valence-electron chi connectivity index (χ3n) is 2.64. The molecule has 0 atom stereocenters. The summed E-state index contributed by atoms with van der Waals surface area (Å²) >= 11 is 11.6. The van der Waals surface area contributed by atoms with E-state index in [9.17, 15) is 9.59 Å². The van der Waals surface area contributed by atoms with Crippen molar-refractivity contribution in [3.8, 4) is 0 Å². The van der Waals surface area contributed by atoms with E-state index in [1.54, 1.807) is 6.07 Å². The molecule has 0 unspecified atom stereocenters. The fourth-order valence-corrected chi connectivity index (χ4v) is 1.85. The van der Waals surface area contributed by atoms with E-state index in [0.29, 0.717) is 28.7 Å². The number of nitrogens with one attached hydrogen (secondary N) is 3. The molecule has 1 aromatic rings. The van der Waals surface area contributed by atoms with Gasteiger partial charge in [0, 0.05) is 18.7 Å². The Morgan fingerprint density at radius 1 is 1.05 bits per heavy atom. The van der Waals surface area contributed by atoms with Crippen LogP contribution in [0.1, 0.15) is 23.7 Å². The van der Waals surface area contributed by atoms with Crippen LogP contribution in [0.2, 0.25) is 10.0 Å². The standard InChI is InChI=1S/C14H19Cl2N3O2.ClH/c1-2-5-17-6-7-18-13(20)9-19-14(21)10-3-4-11(15)12(16)8-10;/h3-4,8,17H,2,5-7,9H2,1H3,(H,18,20)(H,19,21);1H. The Kier molecular flexibility index (Phi) is 11.0. The Balaban J connectivity index is 0.00000441. The predicted molar refractivity (Wildman–Crippen MR) is 92.2 cm³/mol. The highest BCUT2D eigenvalue weighted by atomic mass is 35.5. The summed E-state index contributed by atoms with van der Waals surface area (Å²) in [4.78, 5) is 23.4. The number of amides is 2. The van der Waals surface area contributed by atoms with Gasteiger partial charge in [-0.05, 0) is 31.2 Å². The van der Waals surface area contributed by atoms with Crippen molar-refractivity contribution in [2.24, 2.45) is 0 Å². The smallest absolute Gasteiger partial charge is 0.251 e. The molecule has 0 fully saturated rings. The average molecular weight is 369 g/mol. The van der Waals surface area contributed by atoms with Gasteiger partial charge in [-0.3, -0.25) is 9.59 Å². The van der Waals surface area contributed by atoms with E-state index in [0.717, 1.165) is 13.0 Å². The van der Waals surface area contributed by atoms with Crippen molar-refractivity contribution in [2.75, 3.05) is 26.2 Å². The van der Waals surface area contributed by atoms with E-state index < -0.39 is 0 Å². The van der Waals surface area contributed by atoms with Crippen molar-refractivity contribution in [3.63, 3.8) is 0 Å². The van der Waals surface area contributed by atoms with Crippen molar-refractivity contribution >= 4 is 47.4 Å². The van der Waals surface area contributed by atoms with E-state index in [1.807, 2.05) is 0 Å². The molecule has 0 radical (unpaired) electrons. The van der Waals surface area contributed by atoms with Gasteiger partial charge < -0.3 is 16.0 Å². The topological polar surface area (TPSA) is 70.2 Å². The summed E-state index contributed by atoms with van der Waals surface area (Å²) in [7, 11) is 0. The van der Waals surface area contributed by atoms with Crippen LogP contribution in [0.5, 0.6) is 0 Å². The van der Waals surface area contributed by atoms with Crippen molar-refractivity contribution < 1.29 is 9.59 Å². The van der Waals surface area contributed by atoms with Crippen LogP contribution in [0.15, 0.2) is 18.2 Å². The molecule has 0 spiro atoms. The number of hydrogen-bond donors (Lipinski definition) is 3. The van der Waals surface area contributed by atoms with E-state index in [4.69, 9.17) is 23.2 Å². The second-order valence-electron chi connectivity index (χ2n) is 4.41. The van der Waals surface area contributed by atoms with Crippen molar-refractivity contribution in [1.82, 2.24) is 16.0 Å². The van der Waals surface area contributed by atoms with E-state index in [2.05, 4.69) is 22.9 Å². The summed E-state index contributed by atoms with van der Waals surface area (Å²) in [6.45, 7) is 4.16. The molecular formula is C14H20Cl3N3O2. The molecule has 0 bridgehead atoms. The van der Waals surface area contributed by atoms with Gasteiger partial charge in [-0.25, -0.2) is 0 Å². The summed E-state index contributed by atoms with van der Waals surface area (Å²) in [6.07, 6.45) is 1.05. The molecule has 3 N–H and O–H groups in total. The SMILES string of the molecule is CCCNCCNC(=O)CNC(=O)c1ccc(Cl)c(Cl)c1.Cl. The summed E-state index contributed by atoms with van der Waals surface area (Å²) < 4.78 is 0. The maximum atomic E-state index is 11.8. The first kappa shape index (κ1) is 21.0. The molecule has 1 aromatic carbocycles. The van der Waals surface area contributed by atoms with Crippen LogP contribution in [-0.2, 0) is 4.79 Å². The Labute approximate surface area is 146 Å². The molecule has 124 valence electrons. The Bertz CT molecular complexity index is 498. The van der Waals surface area contributed by atoms with Crippen LogP contribution in [0.3, 0.4) is 0 Å². The highest BCUT2D eigenvalue weighted by Gasteiger charge is 2.09. The molecule has 0 aromatic heterocycles. The molecule has 8 heteroatoms. The predicted octanol–water partition coefficient (Wildman–Crippen LogP) is 2.26. The Morgan fingerprint density at radius 2 is 1.77 bits per heavy atom. The van der Waals surface area contributed by atoms with Gasteiger partial charge in [-0.1, -0.05) is 30.1 Å². The molecule has 0 aliphatic heterocycles. The van der Waals surface area contributed by atoms with Gasteiger partial charge in [0.05, 0.1) is 16.6 Å². The molecule has 0 aliphatic carbocycles. The number of hydrogen-bond acceptors (Lipinski definition) is 3. The van der Waals surface area contributed by atoms with Crippen molar-refractivity contribution in [3.05, 3.63) is 33.8 Å². The summed E-state index contributed by atoms with van der Waals surface area (Å²) in [6, 6.07) is 4.56. The van der Waals surface area contributed by atoms with Gasteiger partial charge in [-0.2, -0.15) is 0 Å². The molecule has 0 saturated heterocycles. The van der Waals surface area contributed by atoms with Crippen LogP contribution in [-0.4, -0.2) is 38.0 Å². The number of carbonyl (C=O) groups is 2. The van der Waals surface area contributed by atoms with Crippen LogP contribution >= 0.6 is 35.6 Å². The number of benzene rings is 1. The minimum atomic E-state index is -0.368. The molecule has 1 rings (SSSR count). The number of carbonyl (C=O) groups excluding carboxylic acids is 2. The van der Waals surface area contributed by atoms with E-state index >= 15 is 0 Å². The quantitative estimate of drug-likeness (QED) is 0.616. The normalized spacial score (nSPS) is 9.77. The molecule has 0 heterocycles. The third-order valence-corrected chi connectivity index (χ3v) is 3.38. The monoisotopic (exact) mass is 367 g/mol. The van der Waals surface area contributed by atoms with E-state index in [1.165, 1.54) is 12.1 Å². The highest BCUT2D eigenvalue weighted by Crippen LogP contribution is 2.22. The molecule has 5 nitrogen and oxygen atoms in total. The van der Waals surface area contributed by atoms with Gasteiger partial charge in [0.25, 0.3) is 5.91 Å². The van der Waals surface area contributed by atoms with Gasteiger partial charge in [-0.15, -0.1) is 12.4 Å². The Morgan fingerprint density at radius 3 is 2.41 bits per heavy atom. The fourth-order valence-electron chi connectivity index (χ4n) is 1.55. The van der Waals surface area contributed by atoms with E-state index in [-0.39, 0.29) is 30.8 Å². The lowest BCUT2D eigenvalue weighted by atomic mass is 10.2. The van der Waals surface area contributed by atoms with Crippen LogP contribution < -0.4 is 16.0 Å². The molecular weight excluding hydrogens is 349 g/mol. The third kappa shape index (κ3) is 7.84. The molecule has 2 amide bonds. The first-order chi connectivity index (χ1) is 10.0. The molecule has 22 heavy (non-hydrogen) atoms. The summed E-state index contributed by atoms with van der Waals surface area (Å²) in [5.41, 5.74) is 0.363. The first-order valence-electron chi connectivity index (χ1n) is 6.75. The zero-order valence-corrected chi connectivity index (χ0v) is 14.6. The average Bonchev–Trinajstić information content (AvgIpc) is 2.47. The van der Waals surface area contributed by atoms with Gasteiger partial charge in [0.2, 0.25) is 5.91 Å². The van der Waals surface area contributed by atoms with Crippen molar-refractivity contribution in [2.45, 2.75) is 13.3 Å². The van der Waals surface area contributed by atoms with Crippen LogP contribution in [0, 0.1) is 0 Å².